The van der Waals surface area contributed by atoms with Crippen molar-refractivity contribution in [3.8, 4) is 0 Å². The van der Waals surface area contributed by atoms with Crippen LogP contribution >= 0.6 is 0 Å². The second kappa shape index (κ2) is 4.98. The topological polar surface area (TPSA) is 57.6 Å². The van der Waals surface area contributed by atoms with Crippen molar-refractivity contribution in [1.29, 1.82) is 0 Å². The zero-order valence-electron chi connectivity index (χ0n) is 8.53. The van der Waals surface area contributed by atoms with E-state index in [2.05, 4.69) is 0 Å². The number of rotatable bonds is 5. The number of carboxylic acid groups (broad SMARTS) is 1. The molecule has 1 rings (SSSR count). The van der Waals surface area contributed by atoms with E-state index >= 15 is 0 Å². The molecule has 0 saturated carbocycles. The molecular weight excluding hydrogens is 182 g/mol. The Labute approximate surface area is 83.9 Å². The van der Waals surface area contributed by atoms with E-state index in [1.807, 2.05) is 11.8 Å². The summed E-state index contributed by atoms with van der Waals surface area (Å²) < 4.78 is 0. The lowest BCUT2D eigenvalue weighted by Crippen LogP contribution is -2.33. The standard InChI is InChI=1S/C10H17NO3/c1-2-7-11-8(3-5-9(11)12)4-6-10(13)14/h8H,2-7H2,1H3,(H,13,14). The van der Waals surface area contributed by atoms with E-state index in [4.69, 9.17) is 5.11 Å². The van der Waals surface area contributed by atoms with Gasteiger partial charge in [0.15, 0.2) is 0 Å². The van der Waals surface area contributed by atoms with E-state index < -0.39 is 5.97 Å². The highest BCUT2D eigenvalue weighted by atomic mass is 16.4. The fraction of sp³-hybridized carbons (Fsp3) is 0.800. The minimum absolute atomic E-state index is 0.165. The molecule has 1 atom stereocenters. The van der Waals surface area contributed by atoms with Gasteiger partial charge in [-0.1, -0.05) is 6.92 Å². The number of hydrogen-bond acceptors (Lipinski definition) is 2. The number of carboxylic acids is 1. The van der Waals surface area contributed by atoms with Crippen LogP contribution in [0.25, 0.3) is 0 Å². The quantitative estimate of drug-likeness (QED) is 0.725. The Morgan fingerprint density at radius 2 is 2.36 bits per heavy atom. The van der Waals surface area contributed by atoms with Crippen LogP contribution in [0, 0.1) is 0 Å². The van der Waals surface area contributed by atoms with Gasteiger partial charge in [0.05, 0.1) is 0 Å². The second-order valence-corrected chi connectivity index (χ2v) is 3.71. The SMILES string of the molecule is CCCN1C(=O)CCC1CCC(=O)O. The largest absolute Gasteiger partial charge is 0.481 e. The Bertz CT molecular complexity index is 227. The van der Waals surface area contributed by atoms with Crippen molar-refractivity contribution in [2.75, 3.05) is 6.54 Å². The van der Waals surface area contributed by atoms with Crippen LogP contribution in [-0.2, 0) is 9.59 Å². The third-order valence-electron chi connectivity index (χ3n) is 2.61. The van der Waals surface area contributed by atoms with Gasteiger partial charge in [0.2, 0.25) is 5.91 Å². The lowest BCUT2D eigenvalue weighted by Gasteiger charge is -2.23. The molecule has 1 amide bonds. The van der Waals surface area contributed by atoms with Gasteiger partial charge in [-0.2, -0.15) is 0 Å². The maximum absolute atomic E-state index is 11.4. The highest BCUT2D eigenvalue weighted by Gasteiger charge is 2.29. The summed E-state index contributed by atoms with van der Waals surface area (Å²) in [4.78, 5) is 23.6. The van der Waals surface area contributed by atoms with Crippen LogP contribution in [0.3, 0.4) is 0 Å². The first-order valence-corrected chi connectivity index (χ1v) is 5.16. The van der Waals surface area contributed by atoms with Gasteiger partial charge < -0.3 is 10.0 Å². The Balaban J connectivity index is 2.42. The van der Waals surface area contributed by atoms with Crippen molar-refractivity contribution >= 4 is 11.9 Å². The van der Waals surface area contributed by atoms with Crippen molar-refractivity contribution in [2.45, 2.75) is 45.1 Å². The van der Waals surface area contributed by atoms with E-state index in [1.165, 1.54) is 0 Å². The monoisotopic (exact) mass is 199 g/mol. The highest BCUT2D eigenvalue weighted by Crippen LogP contribution is 2.22. The summed E-state index contributed by atoms with van der Waals surface area (Å²) in [5.41, 5.74) is 0. The molecule has 0 aliphatic carbocycles. The van der Waals surface area contributed by atoms with E-state index in [0.717, 1.165) is 19.4 Å². The van der Waals surface area contributed by atoms with Crippen molar-refractivity contribution < 1.29 is 14.7 Å². The molecule has 1 fully saturated rings. The Hall–Kier alpha value is -1.06. The summed E-state index contributed by atoms with van der Waals surface area (Å²) >= 11 is 0. The van der Waals surface area contributed by atoms with Crippen LogP contribution in [-0.4, -0.2) is 34.5 Å². The first-order valence-electron chi connectivity index (χ1n) is 5.16. The lowest BCUT2D eigenvalue weighted by atomic mass is 10.1. The molecule has 1 aliphatic heterocycles. The van der Waals surface area contributed by atoms with Crippen LogP contribution in [0.1, 0.15) is 39.0 Å². The molecule has 14 heavy (non-hydrogen) atoms. The van der Waals surface area contributed by atoms with E-state index in [9.17, 15) is 9.59 Å². The minimum atomic E-state index is -0.777. The molecule has 4 heteroatoms. The summed E-state index contributed by atoms with van der Waals surface area (Å²) in [6.45, 7) is 2.79. The van der Waals surface area contributed by atoms with Crippen molar-refractivity contribution in [2.24, 2.45) is 0 Å². The number of hydrogen-bond donors (Lipinski definition) is 1. The molecule has 0 radical (unpaired) electrons. The van der Waals surface area contributed by atoms with E-state index in [0.29, 0.717) is 12.8 Å². The molecule has 80 valence electrons. The summed E-state index contributed by atoms with van der Waals surface area (Å²) in [7, 11) is 0. The van der Waals surface area contributed by atoms with Gasteiger partial charge in [-0.05, 0) is 19.3 Å². The molecule has 0 aromatic heterocycles. The predicted octanol–water partition coefficient (Wildman–Crippen LogP) is 1.25. The van der Waals surface area contributed by atoms with Gasteiger partial charge in [-0.3, -0.25) is 9.59 Å². The maximum Gasteiger partial charge on any atom is 0.303 e. The van der Waals surface area contributed by atoms with Gasteiger partial charge in [-0.15, -0.1) is 0 Å². The normalized spacial score (nSPS) is 21.6. The number of aliphatic carboxylic acids is 1. The van der Waals surface area contributed by atoms with Gasteiger partial charge in [0.25, 0.3) is 0 Å². The van der Waals surface area contributed by atoms with Gasteiger partial charge in [-0.25, -0.2) is 0 Å². The average molecular weight is 199 g/mol. The Kier molecular flexibility index (Phi) is 3.92. The molecule has 0 spiro atoms. The van der Waals surface area contributed by atoms with E-state index in [-0.39, 0.29) is 18.4 Å². The average Bonchev–Trinajstić information content (AvgIpc) is 2.46. The van der Waals surface area contributed by atoms with Crippen molar-refractivity contribution in [3.05, 3.63) is 0 Å². The molecule has 1 saturated heterocycles. The van der Waals surface area contributed by atoms with Gasteiger partial charge in [0.1, 0.15) is 0 Å². The second-order valence-electron chi connectivity index (χ2n) is 3.71. The van der Waals surface area contributed by atoms with Crippen LogP contribution in [0.2, 0.25) is 0 Å². The summed E-state index contributed by atoms with van der Waals surface area (Å²) in [5.74, 6) is -0.594. The molecule has 0 aromatic carbocycles. The molecule has 1 heterocycles. The maximum atomic E-state index is 11.4. The fourth-order valence-corrected chi connectivity index (χ4v) is 1.93. The summed E-state index contributed by atoms with van der Waals surface area (Å²) in [6, 6.07) is 0.165. The third-order valence-corrected chi connectivity index (χ3v) is 2.61. The highest BCUT2D eigenvalue weighted by molar-refractivity contribution is 5.78. The molecule has 4 nitrogen and oxygen atoms in total. The molecule has 1 aliphatic rings. The minimum Gasteiger partial charge on any atom is -0.481 e. The van der Waals surface area contributed by atoms with Gasteiger partial charge >= 0.3 is 5.97 Å². The van der Waals surface area contributed by atoms with Crippen molar-refractivity contribution in [3.63, 3.8) is 0 Å². The smallest absolute Gasteiger partial charge is 0.303 e. The number of nitrogens with zero attached hydrogens (tertiary/aromatic N) is 1. The molecule has 0 bridgehead atoms. The third kappa shape index (κ3) is 2.72. The summed E-state index contributed by atoms with van der Waals surface area (Å²) in [6.07, 6.45) is 3.12. The zero-order chi connectivity index (χ0) is 10.6. The molecular formula is C10H17NO3. The van der Waals surface area contributed by atoms with E-state index in [1.54, 1.807) is 0 Å². The number of amides is 1. The van der Waals surface area contributed by atoms with Crippen LogP contribution in [0.15, 0.2) is 0 Å². The van der Waals surface area contributed by atoms with Crippen molar-refractivity contribution in [1.82, 2.24) is 4.90 Å². The van der Waals surface area contributed by atoms with Gasteiger partial charge in [0, 0.05) is 25.4 Å². The summed E-state index contributed by atoms with van der Waals surface area (Å²) in [5, 5.41) is 8.55. The number of carbonyl (C=O) groups is 2. The fourth-order valence-electron chi connectivity index (χ4n) is 1.93. The van der Waals surface area contributed by atoms with Crippen LogP contribution < -0.4 is 0 Å². The zero-order valence-corrected chi connectivity index (χ0v) is 8.53. The van der Waals surface area contributed by atoms with Crippen LogP contribution in [0.4, 0.5) is 0 Å². The molecule has 1 N–H and O–H groups in total. The Morgan fingerprint density at radius 3 is 2.93 bits per heavy atom. The molecule has 1 unspecified atom stereocenters. The first kappa shape index (κ1) is 11.0. The predicted molar refractivity (Wildman–Crippen MR) is 51.9 cm³/mol. The first-order chi connectivity index (χ1) is 6.65. The van der Waals surface area contributed by atoms with Crippen LogP contribution in [0.5, 0.6) is 0 Å². The molecule has 0 aromatic rings. The lowest BCUT2D eigenvalue weighted by molar-refractivity contribution is -0.138. The number of likely N-dealkylation sites (tertiary alicyclic amines) is 1. The Morgan fingerprint density at radius 1 is 1.64 bits per heavy atom. The number of carbonyl (C=O) groups excluding carboxylic acids is 1.